The van der Waals surface area contributed by atoms with Crippen LogP contribution < -0.4 is 25.8 Å². The molecule has 0 saturated carbocycles. The smallest absolute Gasteiger partial charge is 0.248 e. The number of nitrogens with two attached hydrogens (primary N) is 1. The van der Waals surface area contributed by atoms with E-state index in [1.807, 2.05) is 54.9 Å². The summed E-state index contributed by atoms with van der Waals surface area (Å²) >= 11 is 0. The third-order valence-electron chi connectivity index (χ3n) is 5.12. The fraction of sp³-hybridized carbons (Fsp3) is 0.0909. The third-order valence-corrected chi connectivity index (χ3v) is 5.12. The highest BCUT2D eigenvalue weighted by molar-refractivity contribution is 5.94. The summed E-state index contributed by atoms with van der Waals surface area (Å²) in [5, 5.41) is 6.74. The molecule has 0 spiro atoms. The number of carbonyl (C=O) groups excluding carboxylic acids is 1. The molecule has 4 N–H and O–H groups in total. The van der Waals surface area contributed by atoms with Crippen molar-refractivity contribution in [3.8, 4) is 22.6 Å². The van der Waals surface area contributed by atoms with E-state index in [4.69, 9.17) is 15.2 Å². The lowest BCUT2D eigenvalue weighted by atomic mass is 9.86. The van der Waals surface area contributed by atoms with Crippen LogP contribution in [0.4, 0.5) is 0 Å². The Balaban J connectivity index is 1.74. The molecule has 144 valence electrons. The topological polar surface area (TPSA) is 98.5 Å². The first-order valence-electron chi connectivity index (χ1n) is 9.14. The number of carbonyl (C=O) groups is 1. The van der Waals surface area contributed by atoms with Crippen molar-refractivity contribution in [3.63, 3.8) is 0 Å². The van der Waals surface area contributed by atoms with Crippen LogP contribution in [0, 0.1) is 0 Å². The van der Waals surface area contributed by atoms with E-state index in [0.29, 0.717) is 17.1 Å². The average molecular weight is 386 g/mol. The van der Waals surface area contributed by atoms with Crippen LogP contribution >= 0.6 is 0 Å². The van der Waals surface area contributed by atoms with Gasteiger partial charge in [0, 0.05) is 29.7 Å². The van der Waals surface area contributed by atoms with Crippen LogP contribution in [-0.4, -0.2) is 17.7 Å². The SMILES string of the molecule is NC(=O)c1ccc(-c2ccc3c(c2)OCO3)c(C2(c3ccccn3)NC=CN2)c1. The molecule has 0 radical (unpaired) electrons. The van der Waals surface area contributed by atoms with E-state index in [1.54, 1.807) is 18.3 Å². The molecule has 5 rings (SSSR count). The summed E-state index contributed by atoms with van der Waals surface area (Å²) in [4.78, 5) is 16.5. The Labute approximate surface area is 167 Å². The molecule has 1 amide bonds. The maximum absolute atomic E-state index is 11.9. The lowest BCUT2D eigenvalue weighted by molar-refractivity contribution is 0.1000. The molecule has 1 aromatic heterocycles. The highest BCUT2D eigenvalue weighted by Crippen LogP contribution is 2.40. The van der Waals surface area contributed by atoms with Crippen LogP contribution in [0.1, 0.15) is 21.6 Å². The van der Waals surface area contributed by atoms with Crippen LogP contribution in [0.25, 0.3) is 11.1 Å². The molecule has 29 heavy (non-hydrogen) atoms. The quantitative estimate of drug-likeness (QED) is 0.637. The van der Waals surface area contributed by atoms with Gasteiger partial charge in [0.1, 0.15) is 0 Å². The molecule has 0 atom stereocenters. The van der Waals surface area contributed by atoms with E-state index in [2.05, 4.69) is 15.6 Å². The Bertz CT molecular complexity index is 1120. The van der Waals surface area contributed by atoms with E-state index in [9.17, 15) is 4.79 Å². The van der Waals surface area contributed by atoms with Gasteiger partial charge in [0.15, 0.2) is 17.2 Å². The van der Waals surface area contributed by atoms with Crippen molar-refractivity contribution >= 4 is 5.91 Å². The van der Waals surface area contributed by atoms with Gasteiger partial charge in [-0.15, -0.1) is 0 Å². The van der Waals surface area contributed by atoms with Crippen LogP contribution in [0.2, 0.25) is 0 Å². The summed E-state index contributed by atoms with van der Waals surface area (Å²) in [6, 6.07) is 16.9. The average Bonchev–Trinajstić information content (AvgIpc) is 3.43. The number of nitrogens with zero attached hydrogens (tertiary/aromatic N) is 1. The molecule has 2 aliphatic heterocycles. The lowest BCUT2D eigenvalue weighted by Crippen LogP contribution is -2.48. The van der Waals surface area contributed by atoms with Gasteiger partial charge in [0.05, 0.1) is 5.69 Å². The second-order valence-corrected chi connectivity index (χ2v) is 6.78. The van der Waals surface area contributed by atoms with E-state index in [1.165, 1.54) is 0 Å². The lowest BCUT2D eigenvalue weighted by Gasteiger charge is -2.33. The third kappa shape index (κ3) is 2.75. The Morgan fingerprint density at radius 1 is 1.00 bits per heavy atom. The summed E-state index contributed by atoms with van der Waals surface area (Å²) < 4.78 is 11.0. The van der Waals surface area contributed by atoms with Crippen molar-refractivity contribution in [2.45, 2.75) is 5.66 Å². The number of ether oxygens (including phenoxy) is 2. The number of hydrogen-bond acceptors (Lipinski definition) is 6. The number of aromatic nitrogens is 1. The molecule has 7 heteroatoms. The van der Waals surface area contributed by atoms with Gasteiger partial charge >= 0.3 is 0 Å². The Kier molecular flexibility index (Phi) is 3.87. The summed E-state index contributed by atoms with van der Waals surface area (Å²) in [5.74, 6) is 0.901. The Morgan fingerprint density at radius 2 is 1.83 bits per heavy atom. The van der Waals surface area contributed by atoms with Gasteiger partial charge in [-0.2, -0.15) is 0 Å². The van der Waals surface area contributed by atoms with Gasteiger partial charge in [0.25, 0.3) is 0 Å². The molecule has 0 unspecified atom stereocenters. The van der Waals surface area contributed by atoms with E-state index < -0.39 is 11.6 Å². The minimum absolute atomic E-state index is 0.206. The molecule has 7 nitrogen and oxygen atoms in total. The zero-order valence-corrected chi connectivity index (χ0v) is 15.4. The maximum atomic E-state index is 11.9. The highest BCUT2D eigenvalue weighted by Gasteiger charge is 2.39. The molecule has 2 aromatic carbocycles. The minimum atomic E-state index is -0.849. The second kappa shape index (κ2) is 6.56. The fourth-order valence-corrected chi connectivity index (χ4v) is 3.72. The maximum Gasteiger partial charge on any atom is 0.248 e. The predicted octanol–water partition coefficient (Wildman–Crippen LogP) is 2.44. The number of nitrogens with one attached hydrogen (secondary N) is 2. The molecular weight excluding hydrogens is 368 g/mol. The van der Waals surface area contributed by atoms with Crippen molar-refractivity contribution in [1.29, 1.82) is 0 Å². The van der Waals surface area contributed by atoms with Gasteiger partial charge in [-0.1, -0.05) is 18.2 Å². The first-order chi connectivity index (χ1) is 14.2. The first-order valence-corrected chi connectivity index (χ1v) is 9.14. The van der Waals surface area contributed by atoms with E-state index in [0.717, 1.165) is 22.4 Å². The van der Waals surface area contributed by atoms with Crippen molar-refractivity contribution in [1.82, 2.24) is 15.6 Å². The molecule has 3 heterocycles. The highest BCUT2D eigenvalue weighted by atomic mass is 16.7. The largest absolute Gasteiger partial charge is 0.454 e. The summed E-state index contributed by atoms with van der Waals surface area (Å²) in [5.41, 5.74) is 8.54. The van der Waals surface area contributed by atoms with Crippen LogP contribution in [0.15, 0.2) is 73.2 Å². The number of hydrogen-bond donors (Lipinski definition) is 3. The monoisotopic (exact) mass is 386 g/mol. The molecule has 0 fully saturated rings. The van der Waals surface area contributed by atoms with Gasteiger partial charge in [-0.3, -0.25) is 9.78 Å². The number of pyridine rings is 1. The summed E-state index contributed by atoms with van der Waals surface area (Å²) in [6.45, 7) is 0.206. The predicted molar refractivity (Wildman–Crippen MR) is 107 cm³/mol. The van der Waals surface area contributed by atoms with Crippen LogP contribution in [0.3, 0.4) is 0 Å². The Morgan fingerprint density at radius 3 is 2.59 bits per heavy atom. The van der Waals surface area contributed by atoms with E-state index in [-0.39, 0.29) is 6.79 Å². The standard InChI is InChI=1S/C22H18N4O3/c23-21(27)15-4-6-16(14-5-7-18-19(12-14)29-13-28-18)17(11-15)22(25-9-10-26-22)20-3-1-2-8-24-20/h1-12,25-26H,13H2,(H2,23,27). The minimum Gasteiger partial charge on any atom is -0.454 e. The molecule has 0 bridgehead atoms. The zero-order valence-electron chi connectivity index (χ0n) is 15.4. The molecule has 0 aliphatic carbocycles. The summed E-state index contributed by atoms with van der Waals surface area (Å²) in [6.07, 6.45) is 5.36. The van der Waals surface area contributed by atoms with Gasteiger partial charge < -0.3 is 25.8 Å². The van der Waals surface area contributed by atoms with Crippen molar-refractivity contribution in [2.75, 3.05) is 6.79 Å². The number of amides is 1. The number of rotatable bonds is 4. The second-order valence-electron chi connectivity index (χ2n) is 6.78. The number of fused-ring (bicyclic) bond motifs is 1. The van der Waals surface area contributed by atoms with Crippen molar-refractivity contribution in [2.24, 2.45) is 5.73 Å². The van der Waals surface area contributed by atoms with Crippen molar-refractivity contribution < 1.29 is 14.3 Å². The first kappa shape index (κ1) is 17.1. The normalized spacial score (nSPS) is 15.6. The van der Waals surface area contributed by atoms with Crippen LogP contribution in [0.5, 0.6) is 11.5 Å². The molecule has 2 aliphatic rings. The zero-order chi connectivity index (χ0) is 19.8. The molecular formula is C22H18N4O3. The molecule has 0 saturated heterocycles. The van der Waals surface area contributed by atoms with Gasteiger partial charge in [-0.25, -0.2) is 0 Å². The van der Waals surface area contributed by atoms with Gasteiger partial charge in [0.2, 0.25) is 12.7 Å². The van der Waals surface area contributed by atoms with E-state index >= 15 is 0 Å². The number of primary amides is 1. The fourth-order valence-electron chi connectivity index (χ4n) is 3.72. The number of benzene rings is 2. The Hall–Kier alpha value is -4.00. The van der Waals surface area contributed by atoms with Crippen LogP contribution in [-0.2, 0) is 5.66 Å². The molecule has 3 aromatic rings. The summed E-state index contributed by atoms with van der Waals surface area (Å²) in [7, 11) is 0. The van der Waals surface area contributed by atoms with Gasteiger partial charge in [-0.05, 0) is 47.5 Å². The van der Waals surface area contributed by atoms with Crippen molar-refractivity contribution in [3.05, 3.63) is 90.0 Å².